The first-order valence-electron chi connectivity index (χ1n) is 14.0. The zero-order chi connectivity index (χ0) is 30.7. The Balaban J connectivity index is 1.49. The van der Waals surface area contributed by atoms with E-state index in [1.807, 2.05) is 53.4 Å². The zero-order valence-electron chi connectivity index (χ0n) is 23.3. The number of anilines is 1. The van der Waals surface area contributed by atoms with Crippen molar-refractivity contribution in [1.29, 1.82) is 0 Å². The van der Waals surface area contributed by atoms with Crippen molar-refractivity contribution in [3.8, 4) is 5.75 Å². The van der Waals surface area contributed by atoms with E-state index < -0.39 is 35.2 Å². The van der Waals surface area contributed by atoms with Crippen molar-refractivity contribution in [1.82, 2.24) is 4.90 Å². The van der Waals surface area contributed by atoms with Gasteiger partial charge < -0.3 is 15.0 Å². The number of esters is 1. The number of fused-ring (bicyclic) bond motifs is 6. The number of benzene rings is 4. The molecule has 0 saturated carbocycles. The second-order valence-corrected chi connectivity index (χ2v) is 11.9. The summed E-state index contributed by atoms with van der Waals surface area (Å²) in [7, 11) is 0. The molecule has 7 nitrogen and oxygen atoms in total. The van der Waals surface area contributed by atoms with Gasteiger partial charge in [-0.3, -0.25) is 19.2 Å². The lowest BCUT2D eigenvalue weighted by atomic mass is 9.62. The molecule has 1 fully saturated rings. The van der Waals surface area contributed by atoms with E-state index >= 15 is 0 Å². The number of amides is 1. The molecule has 4 aromatic carbocycles. The number of ether oxygens (including phenoxy) is 1. The Morgan fingerprint density at radius 1 is 0.886 bits per heavy atom. The van der Waals surface area contributed by atoms with Gasteiger partial charge in [-0.15, -0.1) is 0 Å². The van der Waals surface area contributed by atoms with Crippen molar-refractivity contribution in [3.05, 3.63) is 135 Å². The fourth-order valence-electron chi connectivity index (χ4n) is 7.05. The van der Waals surface area contributed by atoms with Crippen LogP contribution in [0.2, 0.25) is 10.0 Å². The van der Waals surface area contributed by atoms with Crippen LogP contribution in [0.5, 0.6) is 5.75 Å². The first-order chi connectivity index (χ1) is 21.2. The van der Waals surface area contributed by atoms with Crippen LogP contribution < -0.4 is 10.1 Å². The van der Waals surface area contributed by atoms with Crippen molar-refractivity contribution in [2.75, 3.05) is 5.32 Å². The normalized spacial score (nSPS) is 22.7. The number of Topliss-reactive ketones (excluding diaryl/α,β-unsaturated/α-hetero) is 2. The Morgan fingerprint density at radius 3 is 2.36 bits per heavy atom. The fraction of sp³-hybridized carbons (Fsp3) is 0.143. The second-order valence-electron chi connectivity index (χ2n) is 11.1. The van der Waals surface area contributed by atoms with Crippen LogP contribution in [-0.4, -0.2) is 34.4 Å². The number of nitrogens with one attached hydrogen (secondary N) is 1. The van der Waals surface area contributed by atoms with E-state index in [0.717, 1.165) is 11.1 Å². The molecule has 4 aromatic rings. The summed E-state index contributed by atoms with van der Waals surface area (Å²) in [6.45, 7) is 1.29. The number of para-hydroxylation sites is 1. The lowest BCUT2D eigenvalue weighted by molar-refractivity contribution is -0.131. The predicted molar refractivity (Wildman–Crippen MR) is 167 cm³/mol. The predicted octanol–water partition coefficient (Wildman–Crippen LogP) is 6.90. The van der Waals surface area contributed by atoms with Gasteiger partial charge in [0.1, 0.15) is 17.2 Å². The molecule has 3 aliphatic rings. The molecule has 4 atom stereocenters. The number of halogens is 2. The molecular formula is C35H24Cl2N2O5. The van der Waals surface area contributed by atoms with Gasteiger partial charge in [0.2, 0.25) is 5.91 Å². The minimum absolute atomic E-state index is 0.127. The highest BCUT2D eigenvalue weighted by atomic mass is 35.5. The number of hydrogen-bond acceptors (Lipinski definition) is 6. The highest BCUT2D eigenvalue weighted by Crippen LogP contribution is 2.62. The van der Waals surface area contributed by atoms with Crippen LogP contribution in [0.25, 0.3) is 6.08 Å². The van der Waals surface area contributed by atoms with Gasteiger partial charge in [0.25, 0.3) is 0 Å². The molecular weight excluding hydrogens is 599 g/mol. The van der Waals surface area contributed by atoms with Gasteiger partial charge >= 0.3 is 5.97 Å². The van der Waals surface area contributed by atoms with Gasteiger partial charge in [-0.1, -0.05) is 65.7 Å². The first-order valence-corrected chi connectivity index (χ1v) is 14.7. The van der Waals surface area contributed by atoms with Gasteiger partial charge in [-0.25, -0.2) is 0 Å². The molecule has 0 aliphatic carbocycles. The zero-order valence-corrected chi connectivity index (χ0v) is 24.8. The van der Waals surface area contributed by atoms with Crippen molar-refractivity contribution in [2.24, 2.45) is 5.92 Å². The highest BCUT2D eigenvalue weighted by molar-refractivity contribution is 6.37. The number of nitrogens with zero attached hydrogens (tertiary/aromatic N) is 1. The van der Waals surface area contributed by atoms with E-state index in [2.05, 4.69) is 5.32 Å². The minimum atomic E-state index is -1.49. The number of ketones is 2. The maximum Gasteiger partial charge on any atom is 0.308 e. The van der Waals surface area contributed by atoms with E-state index in [0.29, 0.717) is 21.8 Å². The van der Waals surface area contributed by atoms with Crippen molar-refractivity contribution < 1.29 is 23.9 Å². The van der Waals surface area contributed by atoms with Crippen LogP contribution in [-0.2, 0) is 15.0 Å². The summed E-state index contributed by atoms with van der Waals surface area (Å²) < 4.78 is 5.16. The van der Waals surface area contributed by atoms with E-state index in [4.69, 9.17) is 27.9 Å². The minimum Gasteiger partial charge on any atom is -0.427 e. The standard InChI is InChI=1S/C35H24Cl2N2O5/c1-19(40)44-23-13-10-21(11-14-23)31(41)30-29(32(42)25-15-12-22(36)18-27(25)37)35(26-8-4-5-9-28(26)38-34(35)43)33-24-7-3-2-6-20(24)16-17-39(30)33/h2-18,29-30,33H,1H3,(H,38,43). The third kappa shape index (κ3) is 4.11. The van der Waals surface area contributed by atoms with Crippen molar-refractivity contribution in [3.63, 3.8) is 0 Å². The summed E-state index contributed by atoms with van der Waals surface area (Å²) in [4.78, 5) is 57.4. The van der Waals surface area contributed by atoms with Crippen LogP contribution in [0.15, 0.2) is 97.2 Å². The number of carbonyl (C=O) groups is 4. The molecule has 0 radical (unpaired) electrons. The third-order valence-corrected chi connectivity index (χ3v) is 9.27. The van der Waals surface area contributed by atoms with Crippen LogP contribution >= 0.6 is 23.2 Å². The van der Waals surface area contributed by atoms with E-state index in [9.17, 15) is 19.2 Å². The largest absolute Gasteiger partial charge is 0.427 e. The Kier molecular flexibility index (Phi) is 6.68. The summed E-state index contributed by atoms with van der Waals surface area (Å²) in [6.07, 6.45) is 3.69. The molecule has 3 aliphatic heterocycles. The monoisotopic (exact) mass is 622 g/mol. The molecule has 1 amide bonds. The molecule has 218 valence electrons. The smallest absolute Gasteiger partial charge is 0.308 e. The molecule has 0 aromatic heterocycles. The highest BCUT2D eigenvalue weighted by Gasteiger charge is 2.70. The summed E-state index contributed by atoms with van der Waals surface area (Å²) in [5.41, 5.74) is 1.90. The molecule has 3 heterocycles. The van der Waals surface area contributed by atoms with Gasteiger partial charge in [0, 0.05) is 35.0 Å². The Morgan fingerprint density at radius 2 is 1.61 bits per heavy atom. The maximum absolute atomic E-state index is 14.9. The molecule has 1 N–H and O–H groups in total. The fourth-order valence-corrected chi connectivity index (χ4v) is 7.55. The lowest BCUT2D eigenvalue weighted by Gasteiger charge is -2.38. The van der Waals surface area contributed by atoms with Crippen molar-refractivity contribution >= 4 is 58.4 Å². The molecule has 7 rings (SSSR count). The van der Waals surface area contributed by atoms with Crippen LogP contribution in [0.1, 0.15) is 50.4 Å². The summed E-state index contributed by atoms with van der Waals surface area (Å²) in [6, 6.07) is 23.9. The molecule has 4 unspecified atom stereocenters. The third-order valence-electron chi connectivity index (χ3n) is 8.72. The summed E-state index contributed by atoms with van der Waals surface area (Å²) in [5.74, 6) is -2.59. The molecule has 9 heteroatoms. The number of rotatable bonds is 5. The Bertz CT molecular complexity index is 1920. The van der Waals surface area contributed by atoms with Crippen LogP contribution in [0.4, 0.5) is 5.69 Å². The number of carbonyl (C=O) groups excluding carboxylic acids is 4. The second kappa shape index (κ2) is 10.5. The Hall–Kier alpha value is -4.72. The lowest BCUT2D eigenvalue weighted by Crippen LogP contribution is -2.49. The average molecular weight is 623 g/mol. The Labute approximate surface area is 263 Å². The van der Waals surface area contributed by atoms with Gasteiger partial charge in [0.15, 0.2) is 11.6 Å². The average Bonchev–Trinajstić information content (AvgIpc) is 3.49. The van der Waals surface area contributed by atoms with E-state index in [1.165, 1.54) is 31.2 Å². The molecule has 1 saturated heterocycles. The summed E-state index contributed by atoms with van der Waals surface area (Å²) in [5, 5.41) is 3.50. The maximum atomic E-state index is 14.9. The van der Waals surface area contributed by atoms with E-state index in [1.54, 1.807) is 30.5 Å². The van der Waals surface area contributed by atoms with Crippen LogP contribution in [0.3, 0.4) is 0 Å². The SMILES string of the molecule is CC(=O)Oc1ccc(C(=O)C2C(C(=O)c3ccc(Cl)cc3Cl)C3(C(=O)Nc4ccccc43)C3c4ccccc4C=CN23)cc1. The quantitative estimate of drug-likeness (QED) is 0.148. The molecule has 0 bridgehead atoms. The molecule has 44 heavy (non-hydrogen) atoms. The van der Waals surface area contributed by atoms with Crippen LogP contribution in [0, 0.1) is 5.92 Å². The number of hydrogen-bond donors (Lipinski definition) is 1. The van der Waals surface area contributed by atoms with Gasteiger partial charge in [-0.05, 0) is 71.3 Å². The molecule has 1 spiro atoms. The van der Waals surface area contributed by atoms with Gasteiger partial charge in [0.05, 0.1) is 17.0 Å². The summed E-state index contributed by atoms with van der Waals surface area (Å²) >= 11 is 12.8. The van der Waals surface area contributed by atoms with E-state index in [-0.39, 0.29) is 28.0 Å². The topological polar surface area (TPSA) is 92.8 Å². The first kappa shape index (κ1) is 28.1. The van der Waals surface area contributed by atoms with Gasteiger partial charge in [-0.2, -0.15) is 0 Å². The van der Waals surface area contributed by atoms with Crippen molar-refractivity contribution in [2.45, 2.75) is 24.4 Å².